The van der Waals surface area contributed by atoms with E-state index >= 15 is 0 Å². The molecule has 0 atom stereocenters. The molecule has 0 saturated heterocycles. The van der Waals surface area contributed by atoms with Crippen molar-refractivity contribution in [1.82, 2.24) is 0 Å². The van der Waals surface area contributed by atoms with Gasteiger partial charge in [0, 0.05) is 0 Å². The molecule has 0 N–H and O–H groups in total. The minimum Gasteiger partial charge on any atom is -1.00 e. The Morgan fingerprint density at radius 1 is 0.655 bits per heavy atom. The van der Waals surface area contributed by atoms with Gasteiger partial charge in [0.05, 0.1) is 0 Å². The van der Waals surface area contributed by atoms with E-state index in [1.807, 2.05) is 36.4 Å². The maximum absolute atomic E-state index is 5.98. The van der Waals surface area contributed by atoms with Crippen molar-refractivity contribution >= 4 is 26.4 Å². The average molecular weight is 878 g/mol. The topological polar surface area (TPSA) is 0 Å². The normalized spacial score (nSPS) is 11.0. The van der Waals surface area contributed by atoms with E-state index < -0.39 is 0 Å². The molecule has 0 aliphatic heterocycles. The van der Waals surface area contributed by atoms with Crippen LogP contribution in [0.25, 0.3) is 33.4 Å². The molecule has 7 aromatic rings. The Hall–Kier alpha value is -3.42. The molecule has 0 unspecified atom stereocenters. The van der Waals surface area contributed by atoms with Crippen molar-refractivity contribution in [2.45, 2.75) is 52.4 Å². The molecule has 0 radical (unpaired) electrons. The zero-order chi connectivity index (χ0) is 37.4. The maximum atomic E-state index is 5.98. The van der Waals surface area contributed by atoms with E-state index in [2.05, 4.69) is 155 Å². The van der Waals surface area contributed by atoms with E-state index in [0.29, 0.717) is 5.41 Å². The summed E-state index contributed by atoms with van der Waals surface area (Å²) in [5, 5.41) is 1.53. The van der Waals surface area contributed by atoms with Crippen LogP contribution in [0.3, 0.4) is 0 Å². The van der Waals surface area contributed by atoms with Crippen molar-refractivity contribution in [3.8, 4) is 33.4 Å². The minimum atomic E-state index is 0. The molecule has 0 spiro atoms. The Kier molecular flexibility index (Phi) is 16.6. The van der Waals surface area contributed by atoms with Gasteiger partial charge < -0.3 is 24.8 Å². The van der Waals surface area contributed by atoms with Crippen molar-refractivity contribution in [3.05, 3.63) is 207 Å². The summed E-state index contributed by atoms with van der Waals surface area (Å²) in [6.45, 7) is 9.01. The van der Waals surface area contributed by atoms with Crippen LogP contribution in [0.2, 0.25) is 10.0 Å². The molecule has 0 nitrogen and oxygen atoms in total. The molecule has 0 saturated carbocycles. The Labute approximate surface area is 365 Å². The van der Waals surface area contributed by atoms with Crippen molar-refractivity contribution in [1.29, 1.82) is 0 Å². The van der Waals surface area contributed by atoms with Crippen LogP contribution in [0.15, 0.2) is 158 Å². The molecule has 0 amide bonds. The molecule has 7 aromatic carbocycles. The van der Waals surface area contributed by atoms with Gasteiger partial charge in [-0.2, -0.15) is 23.3 Å². The minimum absolute atomic E-state index is 0. The molecule has 5 heteroatoms. The van der Waals surface area contributed by atoms with Crippen LogP contribution in [0.5, 0.6) is 0 Å². The molecule has 0 aromatic heterocycles. The van der Waals surface area contributed by atoms with E-state index in [9.17, 15) is 0 Å². The Bertz CT molecular complexity index is 2160. The monoisotopic (exact) mass is 874 g/mol. The first-order chi connectivity index (χ1) is 25.6. The summed E-state index contributed by atoms with van der Waals surface area (Å²) in [6.07, 6.45) is 3.43. The third-order valence-electron chi connectivity index (χ3n) is 9.43. The van der Waals surface area contributed by atoms with Crippen LogP contribution < -0.4 is 24.8 Å². The molecule has 278 valence electrons. The molecule has 0 heterocycles. The first-order valence-electron chi connectivity index (χ1n) is 18.2. The van der Waals surface area contributed by atoms with Gasteiger partial charge in [0.2, 0.25) is 0 Å². The van der Waals surface area contributed by atoms with Crippen molar-refractivity contribution < 1.29 is 49.0 Å². The molecular formula is C50H44Cl4Zr-2. The van der Waals surface area contributed by atoms with E-state index in [-0.39, 0.29) is 24.8 Å². The molecule has 1 aliphatic carbocycles. The molecule has 0 bridgehead atoms. The summed E-state index contributed by atoms with van der Waals surface area (Å²) in [6, 6.07) is 58.6. The van der Waals surface area contributed by atoms with Crippen molar-refractivity contribution in [2.75, 3.05) is 0 Å². The largest absolute Gasteiger partial charge is 1.00 e. The molecule has 1 aliphatic rings. The summed E-state index contributed by atoms with van der Waals surface area (Å²) in [5.74, 6) is 0. The summed E-state index contributed by atoms with van der Waals surface area (Å²) < 4.78 is 1.26. The first-order valence-corrected chi connectivity index (χ1v) is 20.2. The fraction of sp³-hybridized carbons (Fsp3) is 0.160. The van der Waals surface area contributed by atoms with Crippen molar-refractivity contribution in [2.24, 2.45) is 0 Å². The van der Waals surface area contributed by atoms with E-state index in [1.165, 1.54) is 95.9 Å². The third kappa shape index (κ3) is 11.8. The molecule has 55 heavy (non-hydrogen) atoms. The second-order valence-electron chi connectivity index (χ2n) is 14.4. The number of hydrogen-bond acceptors (Lipinski definition) is 0. The smallest absolute Gasteiger partial charge is 0.0181 e. The molecular weight excluding hydrogens is 834 g/mol. The van der Waals surface area contributed by atoms with Crippen LogP contribution in [-0.2, 0) is 42.5 Å². The van der Waals surface area contributed by atoms with Gasteiger partial charge in [-0.15, -0.1) is 29.3 Å². The summed E-state index contributed by atoms with van der Waals surface area (Å²) in [5.41, 5.74) is 15.9. The summed E-state index contributed by atoms with van der Waals surface area (Å²) in [4.78, 5) is 0. The number of hydrogen-bond donors (Lipinski definition) is 0. The van der Waals surface area contributed by atoms with Gasteiger partial charge in [0.25, 0.3) is 0 Å². The number of benzene rings is 6. The Morgan fingerprint density at radius 3 is 1.78 bits per heavy atom. The van der Waals surface area contributed by atoms with E-state index in [0.717, 1.165) is 27.6 Å². The number of aryl methyl sites for hydroxylation is 1. The van der Waals surface area contributed by atoms with Gasteiger partial charge >= 0.3 is 120 Å². The second kappa shape index (κ2) is 20.7. The first kappa shape index (κ1) is 44.3. The number of fused-ring (bicyclic) bond motifs is 3. The fourth-order valence-corrected chi connectivity index (χ4v) is 7.72. The van der Waals surface area contributed by atoms with Crippen LogP contribution in [0, 0.1) is 6.07 Å². The average Bonchev–Trinajstić information content (AvgIpc) is 3.80. The van der Waals surface area contributed by atoms with Crippen LogP contribution in [-0.4, -0.2) is 3.21 Å². The maximum Gasteiger partial charge on any atom is -0.0181 e. The summed E-state index contributed by atoms with van der Waals surface area (Å²) >= 11 is 13.3. The third-order valence-corrected chi connectivity index (χ3v) is 11.3. The predicted molar refractivity (Wildman–Crippen MR) is 225 cm³/mol. The van der Waals surface area contributed by atoms with Crippen LogP contribution in [0.1, 0.15) is 67.5 Å². The van der Waals surface area contributed by atoms with Gasteiger partial charge in [-0.3, -0.25) is 0 Å². The Balaban J connectivity index is 0.000000195. The number of rotatable bonds is 6. The summed E-state index contributed by atoms with van der Waals surface area (Å²) in [7, 11) is 0. The Morgan fingerprint density at radius 2 is 1.24 bits per heavy atom. The van der Waals surface area contributed by atoms with Gasteiger partial charge in [-0.25, -0.2) is 6.07 Å². The molecule has 0 fully saturated rings. The number of halogens is 4. The van der Waals surface area contributed by atoms with Crippen LogP contribution >= 0.6 is 23.2 Å². The quantitative estimate of drug-likeness (QED) is 0.148. The van der Waals surface area contributed by atoms with Crippen molar-refractivity contribution in [3.63, 3.8) is 0 Å². The second-order valence-corrected chi connectivity index (χ2v) is 16.6. The molecule has 8 rings (SSSR count). The van der Waals surface area contributed by atoms with Gasteiger partial charge in [0.15, 0.2) is 0 Å². The van der Waals surface area contributed by atoms with Gasteiger partial charge in [-0.05, 0) is 23.1 Å². The van der Waals surface area contributed by atoms with E-state index in [1.54, 1.807) is 0 Å². The zero-order valence-corrected chi connectivity index (χ0v) is 37.1. The fourth-order valence-electron chi connectivity index (χ4n) is 6.58. The standard InChI is InChI=1S/C25H17.C13H8Cl2.C12H19.2ClH.Zr/c1-3-7-18(8-4-1)20-11-13-24-22(15-20)17-23-16-21(12-14-25(23)24)19-9-5-2-6-10-19;14-12-5-1-3-10(8-12)7-11-4-2-6-13(15)9-11;1-5-6-10-7-8-11(9-10)12(2,3)4;;;/h1-15H,17H2;1-6,8-9H;7-9H,5-6H2,1-4H3;2*1H;/q-1;;-1;;;+2/p-2. The zero-order valence-electron chi connectivity index (χ0n) is 31.6. The van der Waals surface area contributed by atoms with Gasteiger partial charge in [0.1, 0.15) is 0 Å². The van der Waals surface area contributed by atoms with Crippen LogP contribution in [0.4, 0.5) is 0 Å². The van der Waals surface area contributed by atoms with E-state index in [4.69, 9.17) is 23.2 Å². The predicted octanol–water partition coefficient (Wildman–Crippen LogP) is 8.16. The van der Waals surface area contributed by atoms with Gasteiger partial charge in [-0.1, -0.05) is 142 Å². The SMILES string of the molecule is CCCc1cc(C(C)(C)C)c[cH-]1.Clc1cccc([C](=[Zr+2])c2cccc(Cl)c2)c1.[Cl-].[Cl-].[c-]1c(-c2ccccc2)ccc2c1Cc1cc(-c3ccccc3)ccc1-2.